The molecule has 0 fully saturated rings. The third kappa shape index (κ3) is 6.97. The van der Waals surface area contributed by atoms with Crippen molar-refractivity contribution in [3.63, 3.8) is 0 Å². The number of hydrogen-bond acceptors (Lipinski definition) is 4. The van der Waals surface area contributed by atoms with Crippen LogP contribution in [0.25, 0.3) is 11.1 Å². The number of methoxy groups -OCH3 is 2. The van der Waals surface area contributed by atoms with Crippen LogP contribution in [-0.2, 0) is 33.5 Å². The molecule has 2 aromatic rings. The second kappa shape index (κ2) is 10.3. The molecule has 2 aromatic carbocycles. The van der Waals surface area contributed by atoms with E-state index in [2.05, 4.69) is 0 Å². The van der Waals surface area contributed by atoms with Gasteiger partial charge in [-0.05, 0) is 40.3 Å². The first-order chi connectivity index (χ1) is 15.3. The summed E-state index contributed by atoms with van der Waals surface area (Å²) < 4.78 is 49.6. The molecule has 0 bridgehead atoms. The Morgan fingerprint density at radius 1 is 0.970 bits per heavy atom. The Kier molecular flexibility index (Phi) is 8.16. The van der Waals surface area contributed by atoms with E-state index in [-0.39, 0.29) is 24.3 Å². The molecular formula is C25H30F3NO4. The van der Waals surface area contributed by atoms with E-state index in [1.54, 1.807) is 17.0 Å². The van der Waals surface area contributed by atoms with Crippen molar-refractivity contribution in [1.29, 1.82) is 0 Å². The number of hydrogen-bond donors (Lipinski definition) is 0. The summed E-state index contributed by atoms with van der Waals surface area (Å²) >= 11 is 0. The minimum Gasteiger partial charge on any atom is -0.496 e. The smallest absolute Gasteiger partial charge is 0.416 e. The van der Waals surface area contributed by atoms with Gasteiger partial charge < -0.3 is 14.4 Å². The normalized spacial score (nSPS) is 11.8. The maximum atomic E-state index is 13.1. The number of halogens is 3. The van der Waals surface area contributed by atoms with Gasteiger partial charge in [-0.3, -0.25) is 9.59 Å². The molecule has 5 nitrogen and oxygen atoms in total. The zero-order valence-electron chi connectivity index (χ0n) is 19.8. The summed E-state index contributed by atoms with van der Waals surface area (Å²) in [6.07, 6.45) is -4.51. The summed E-state index contributed by atoms with van der Waals surface area (Å²) in [5, 5.41) is 0. The number of rotatable bonds is 7. The minimum atomic E-state index is -4.46. The highest BCUT2D eigenvalue weighted by Gasteiger charge is 2.30. The molecule has 0 aliphatic rings. The lowest BCUT2D eigenvalue weighted by Gasteiger charge is -2.31. The van der Waals surface area contributed by atoms with Gasteiger partial charge in [-0.2, -0.15) is 13.2 Å². The van der Waals surface area contributed by atoms with Crippen LogP contribution < -0.4 is 4.74 Å². The summed E-state index contributed by atoms with van der Waals surface area (Å²) in [5.41, 5.74) is 1.29. The number of nitrogens with zero attached hydrogens (tertiary/aromatic N) is 1. The molecule has 180 valence electrons. The van der Waals surface area contributed by atoms with Crippen LogP contribution in [0.4, 0.5) is 13.2 Å². The van der Waals surface area contributed by atoms with Crippen LogP contribution >= 0.6 is 0 Å². The van der Waals surface area contributed by atoms with E-state index in [4.69, 9.17) is 9.47 Å². The van der Waals surface area contributed by atoms with E-state index in [0.29, 0.717) is 34.5 Å². The second-order valence-electron chi connectivity index (χ2n) is 9.04. The molecule has 0 saturated heterocycles. The third-order valence-corrected chi connectivity index (χ3v) is 5.11. The second-order valence-corrected chi connectivity index (χ2v) is 9.04. The van der Waals surface area contributed by atoms with Crippen LogP contribution in [0.15, 0.2) is 36.4 Å². The van der Waals surface area contributed by atoms with Gasteiger partial charge in [0.15, 0.2) is 0 Å². The zero-order chi connectivity index (χ0) is 25.0. The number of alkyl halides is 3. The van der Waals surface area contributed by atoms with Crippen molar-refractivity contribution in [3.05, 3.63) is 53.1 Å². The van der Waals surface area contributed by atoms with Crippen molar-refractivity contribution in [2.75, 3.05) is 20.8 Å². The summed E-state index contributed by atoms with van der Waals surface area (Å²) in [6.45, 7) is 8.07. The van der Waals surface area contributed by atoms with Gasteiger partial charge in [0.1, 0.15) is 5.75 Å². The molecule has 0 unspecified atom stereocenters. The molecule has 0 heterocycles. The highest BCUT2D eigenvalue weighted by atomic mass is 19.4. The van der Waals surface area contributed by atoms with E-state index in [9.17, 15) is 22.8 Å². The molecule has 0 aromatic heterocycles. The van der Waals surface area contributed by atoms with Crippen LogP contribution in [0.2, 0.25) is 0 Å². The van der Waals surface area contributed by atoms with E-state index in [1.807, 2.05) is 20.8 Å². The molecule has 33 heavy (non-hydrogen) atoms. The van der Waals surface area contributed by atoms with E-state index in [0.717, 1.165) is 12.1 Å². The van der Waals surface area contributed by atoms with E-state index < -0.39 is 17.7 Å². The quantitative estimate of drug-likeness (QED) is 0.508. The largest absolute Gasteiger partial charge is 0.496 e. The summed E-state index contributed by atoms with van der Waals surface area (Å²) in [5.74, 6) is -0.197. The molecule has 0 aliphatic carbocycles. The molecule has 8 heteroatoms. The van der Waals surface area contributed by atoms with Gasteiger partial charge in [0.05, 0.1) is 26.2 Å². The maximum Gasteiger partial charge on any atom is 0.416 e. The molecule has 2 rings (SSSR count). The zero-order valence-corrected chi connectivity index (χ0v) is 19.8. The van der Waals surface area contributed by atoms with Gasteiger partial charge in [-0.15, -0.1) is 0 Å². The Bertz CT molecular complexity index is 992. The lowest BCUT2D eigenvalue weighted by molar-refractivity contribution is -0.140. The van der Waals surface area contributed by atoms with Crippen LogP contribution in [0.1, 0.15) is 44.4 Å². The number of esters is 1. The van der Waals surface area contributed by atoms with Crippen LogP contribution in [-0.4, -0.2) is 37.5 Å². The van der Waals surface area contributed by atoms with Crippen molar-refractivity contribution in [2.45, 2.75) is 46.8 Å². The molecule has 1 amide bonds. The van der Waals surface area contributed by atoms with Crippen molar-refractivity contribution >= 4 is 11.9 Å². The standard InChI is InChI=1S/C25H30F3NO4/c1-16(30)29(15-24(2,3)4)14-20-18(13-22(31)33-6)9-12-21(32-5)23(20)17-7-10-19(11-8-17)25(26,27)28/h7-12H,13-15H2,1-6H3. The molecule has 0 radical (unpaired) electrons. The Morgan fingerprint density at radius 3 is 2.03 bits per heavy atom. The highest BCUT2D eigenvalue weighted by Crippen LogP contribution is 2.38. The molecule has 0 saturated carbocycles. The summed E-state index contributed by atoms with van der Waals surface area (Å²) in [7, 11) is 2.74. The number of benzene rings is 2. The fraction of sp³-hybridized carbons (Fsp3) is 0.440. The first-order valence-electron chi connectivity index (χ1n) is 10.5. The first kappa shape index (κ1) is 26.2. The van der Waals surface area contributed by atoms with Crippen LogP contribution in [0.5, 0.6) is 5.75 Å². The molecule has 0 aliphatic heterocycles. The molecule has 0 N–H and O–H groups in total. The van der Waals surface area contributed by atoms with Gasteiger partial charge in [-0.1, -0.05) is 39.0 Å². The van der Waals surface area contributed by atoms with E-state index >= 15 is 0 Å². The number of carbonyl (C=O) groups is 2. The third-order valence-electron chi connectivity index (χ3n) is 5.11. The Balaban J connectivity index is 2.71. The number of carbonyl (C=O) groups excluding carboxylic acids is 2. The predicted molar refractivity (Wildman–Crippen MR) is 120 cm³/mol. The molecule has 0 atom stereocenters. The topological polar surface area (TPSA) is 55.8 Å². The maximum absolute atomic E-state index is 13.1. The Morgan fingerprint density at radius 2 is 1.58 bits per heavy atom. The highest BCUT2D eigenvalue weighted by molar-refractivity contribution is 5.80. The van der Waals surface area contributed by atoms with Crippen molar-refractivity contribution < 1.29 is 32.2 Å². The fourth-order valence-corrected chi connectivity index (χ4v) is 3.60. The van der Waals surface area contributed by atoms with E-state index in [1.165, 1.54) is 33.3 Å². The predicted octanol–water partition coefficient (Wildman–Crippen LogP) is 5.49. The van der Waals surface area contributed by atoms with Gasteiger partial charge in [-0.25, -0.2) is 0 Å². The SMILES string of the molecule is COC(=O)Cc1ccc(OC)c(-c2ccc(C(F)(F)F)cc2)c1CN(CC(C)(C)C)C(C)=O. The van der Waals surface area contributed by atoms with Crippen molar-refractivity contribution in [3.8, 4) is 16.9 Å². The van der Waals surface area contributed by atoms with Gasteiger partial charge in [0.2, 0.25) is 5.91 Å². The minimum absolute atomic E-state index is 0.0509. The molecular weight excluding hydrogens is 435 g/mol. The van der Waals surface area contributed by atoms with Crippen LogP contribution in [0.3, 0.4) is 0 Å². The average Bonchev–Trinajstić information content (AvgIpc) is 2.72. The number of ether oxygens (including phenoxy) is 2. The van der Waals surface area contributed by atoms with Crippen LogP contribution in [0, 0.1) is 5.41 Å². The Hall–Kier alpha value is -3.03. The Labute approximate surface area is 192 Å². The average molecular weight is 466 g/mol. The van der Waals surface area contributed by atoms with Gasteiger partial charge in [0.25, 0.3) is 0 Å². The fourth-order valence-electron chi connectivity index (χ4n) is 3.60. The molecule has 0 spiro atoms. The summed E-state index contributed by atoms with van der Waals surface area (Å²) in [6, 6.07) is 8.12. The van der Waals surface area contributed by atoms with Gasteiger partial charge in [0, 0.05) is 25.6 Å². The van der Waals surface area contributed by atoms with Crippen molar-refractivity contribution in [1.82, 2.24) is 4.90 Å². The lowest BCUT2D eigenvalue weighted by Crippen LogP contribution is -2.36. The monoisotopic (exact) mass is 465 g/mol. The van der Waals surface area contributed by atoms with Crippen molar-refractivity contribution in [2.24, 2.45) is 5.41 Å². The lowest BCUT2D eigenvalue weighted by atomic mass is 9.90. The number of amides is 1. The first-order valence-corrected chi connectivity index (χ1v) is 10.5. The summed E-state index contributed by atoms with van der Waals surface area (Å²) in [4.78, 5) is 26.2. The van der Waals surface area contributed by atoms with Gasteiger partial charge >= 0.3 is 12.1 Å².